The van der Waals surface area contributed by atoms with E-state index in [0.717, 1.165) is 6.42 Å². The summed E-state index contributed by atoms with van der Waals surface area (Å²) in [6.45, 7) is 1.79. The quantitative estimate of drug-likeness (QED) is 0.561. The summed E-state index contributed by atoms with van der Waals surface area (Å²) in [5.41, 5.74) is 0. The molecule has 1 N–H and O–H groups in total. The van der Waals surface area contributed by atoms with E-state index in [2.05, 4.69) is 5.32 Å². The predicted molar refractivity (Wildman–Crippen MR) is 46.0 cm³/mol. The molecule has 72 valence electrons. The first kappa shape index (κ1) is 11.4. The highest BCUT2D eigenvalue weighted by Gasteiger charge is 1.98. The van der Waals surface area contributed by atoms with Gasteiger partial charge in [0.1, 0.15) is 0 Å². The fraction of sp³-hybridized carbons (Fsp3) is 0.875. The third-order valence-corrected chi connectivity index (χ3v) is 1.38. The van der Waals surface area contributed by atoms with Crippen molar-refractivity contribution in [1.82, 2.24) is 5.32 Å². The molecule has 4 heteroatoms. The van der Waals surface area contributed by atoms with Gasteiger partial charge in [0, 0.05) is 33.8 Å². The number of methoxy groups -OCH3 is 2. The van der Waals surface area contributed by atoms with Gasteiger partial charge < -0.3 is 14.8 Å². The maximum atomic E-state index is 11.0. The number of nitrogens with one attached hydrogen (secondary N) is 1. The molecule has 1 amide bonds. The minimum atomic E-state index is 0.0594. The van der Waals surface area contributed by atoms with Gasteiger partial charge in [-0.15, -0.1) is 0 Å². The Kier molecular flexibility index (Phi) is 8.05. The van der Waals surface area contributed by atoms with Crippen molar-refractivity contribution in [2.45, 2.75) is 12.8 Å². The molecule has 0 aliphatic carbocycles. The maximum Gasteiger partial charge on any atom is 0.220 e. The zero-order chi connectivity index (χ0) is 9.23. The number of hydrogen-bond donors (Lipinski definition) is 1. The van der Waals surface area contributed by atoms with E-state index in [1.54, 1.807) is 14.2 Å². The van der Waals surface area contributed by atoms with Gasteiger partial charge in [0.2, 0.25) is 5.91 Å². The summed E-state index contributed by atoms with van der Waals surface area (Å²) in [4.78, 5) is 11.0. The monoisotopic (exact) mass is 175 g/mol. The normalized spacial score (nSPS) is 9.83. The van der Waals surface area contributed by atoms with Crippen LogP contribution in [0, 0.1) is 0 Å². The van der Waals surface area contributed by atoms with E-state index in [9.17, 15) is 4.79 Å². The van der Waals surface area contributed by atoms with E-state index in [1.165, 1.54) is 0 Å². The predicted octanol–water partition coefficient (Wildman–Crippen LogP) is 0.176. The smallest absolute Gasteiger partial charge is 0.220 e. The topological polar surface area (TPSA) is 47.6 Å². The molecule has 0 heterocycles. The summed E-state index contributed by atoms with van der Waals surface area (Å²) in [6.07, 6.45) is 1.30. The molecule has 0 atom stereocenters. The summed E-state index contributed by atoms with van der Waals surface area (Å²) in [5, 5.41) is 2.72. The van der Waals surface area contributed by atoms with Crippen LogP contribution in [0.4, 0.5) is 0 Å². The lowest BCUT2D eigenvalue weighted by molar-refractivity contribution is -0.121. The van der Waals surface area contributed by atoms with Gasteiger partial charge in [-0.3, -0.25) is 4.79 Å². The van der Waals surface area contributed by atoms with Crippen LogP contribution >= 0.6 is 0 Å². The zero-order valence-corrected chi connectivity index (χ0v) is 7.76. The molecule has 0 aliphatic rings. The van der Waals surface area contributed by atoms with Crippen LogP contribution in [0.15, 0.2) is 0 Å². The number of ether oxygens (including phenoxy) is 2. The van der Waals surface area contributed by atoms with Gasteiger partial charge in [0.15, 0.2) is 0 Å². The Morgan fingerprint density at radius 3 is 2.50 bits per heavy atom. The molecule has 0 rings (SSSR count). The van der Waals surface area contributed by atoms with Gasteiger partial charge in [-0.2, -0.15) is 0 Å². The van der Waals surface area contributed by atoms with E-state index in [-0.39, 0.29) is 5.91 Å². The largest absolute Gasteiger partial charge is 0.385 e. The Balaban J connectivity index is 3.10. The Bertz CT molecular complexity index is 105. The molecule has 0 saturated carbocycles. The molecule has 0 radical (unpaired) electrons. The number of carbonyl (C=O) groups excluding carboxylic acids is 1. The molecule has 0 unspecified atom stereocenters. The minimum Gasteiger partial charge on any atom is -0.385 e. The Hall–Kier alpha value is -0.610. The van der Waals surface area contributed by atoms with Crippen LogP contribution in [-0.4, -0.2) is 39.9 Å². The lowest BCUT2D eigenvalue weighted by Crippen LogP contribution is -2.26. The van der Waals surface area contributed by atoms with Crippen molar-refractivity contribution >= 4 is 5.91 Å². The molecule has 4 nitrogen and oxygen atoms in total. The molecule has 0 saturated heterocycles. The summed E-state index contributed by atoms with van der Waals surface area (Å²) in [5.74, 6) is 0.0594. The molecule has 0 aromatic heterocycles. The first-order valence-electron chi connectivity index (χ1n) is 4.06. The first-order chi connectivity index (χ1) is 5.81. The van der Waals surface area contributed by atoms with Gasteiger partial charge in [-0.1, -0.05) is 0 Å². The van der Waals surface area contributed by atoms with Gasteiger partial charge >= 0.3 is 0 Å². The van der Waals surface area contributed by atoms with Crippen molar-refractivity contribution in [3.63, 3.8) is 0 Å². The van der Waals surface area contributed by atoms with E-state index in [4.69, 9.17) is 9.47 Å². The van der Waals surface area contributed by atoms with Crippen molar-refractivity contribution in [2.75, 3.05) is 34.0 Å². The second-order valence-electron chi connectivity index (χ2n) is 2.44. The number of amides is 1. The lowest BCUT2D eigenvalue weighted by atomic mass is 10.3. The summed E-state index contributed by atoms with van der Waals surface area (Å²) >= 11 is 0. The number of rotatable bonds is 7. The lowest BCUT2D eigenvalue weighted by Gasteiger charge is -2.03. The van der Waals surface area contributed by atoms with Crippen LogP contribution in [0.5, 0.6) is 0 Å². The Morgan fingerprint density at radius 2 is 1.92 bits per heavy atom. The van der Waals surface area contributed by atoms with Crippen molar-refractivity contribution in [1.29, 1.82) is 0 Å². The Morgan fingerprint density at radius 1 is 1.25 bits per heavy atom. The van der Waals surface area contributed by atoms with Crippen molar-refractivity contribution < 1.29 is 14.3 Å². The van der Waals surface area contributed by atoms with Crippen LogP contribution in [-0.2, 0) is 14.3 Å². The number of hydrogen-bond acceptors (Lipinski definition) is 3. The van der Waals surface area contributed by atoms with Gasteiger partial charge in [-0.25, -0.2) is 0 Å². The highest BCUT2D eigenvalue weighted by molar-refractivity contribution is 5.75. The van der Waals surface area contributed by atoms with Crippen molar-refractivity contribution in [2.24, 2.45) is 0 Å². The molecule has 0 spiro atoms. The molecular formula is C8H17NO3. The SMILES string of the molecule is COCCCC(=O)NCCOC. The number of carbonyl (C=O) groups is 1. The molecule has 0 aliphatic heterocycles. The zero-order valence-electron chi connectivity index (χ0n) is 7.76. The van der Waals surface area contributed by atoms with E-state index < -0.39 is 0 Å². The van der Waals surface area contributed by atoms with E-state index in [0.29, 0.717) is 26.2 Å². The highest BCUT2D eigenvalue weighted by atomic mass is 16.5. The average molecular weight is 175 g/mol. The molecule has 0 aromatic carbocycles. The third-order valence-electron chi connectivity index (χ3n) is 1.38. The average Bonchev–Trinajstić information content (AvgIpc) is 2.06. The van der Waals surface area contributed by atoms with Gasteiger partial charge in [-0.05, 0) is 6.42 Å². The summed E-state index contributed by atoms with van der Waals surface area (Å²) in [7, 11) is 3.24. The fourth-order valence-electron chi connectivity index (χ4n) is 0.758. The van der Waals surface area contributed by atoms with Gasteiger partial charge in [0.25, 0.3) is 0 Å². The van der Waals surface area contributed by atoms with Crippen LogP contribution in [0.3, 0.4) is 0 Å². The minimum absolute atomic E-state index is 0.0594. The standard InChI is InChI=1S/C8H17NO3/c1-11-6-3-4-8(10)9-5-7-12-2/h3-7H2,1-2H3,(H,9,10). The molecule has 0 fully saturated rings. The van der Waals surface area contributed by atoms with Gasteiger partial charge in [0.05, 0.1) is 6.61 Å². The highest BCUT2D eigenvalue weighted by Crippen LogP contribution is 1.88. The molecule has 12 heavy (non-hydrogen) atoms. The van der Waals surface area contributed by atoms with Crippen molar-refractivity contribution in [3.8, 4) is 0 Å². The Labute approximate surface area is 73.2 Å². The van der Waals surface area contributed by atoms with Crippen molar-refractivity contribution in [3.05, 3.63) is 0 Å². The summed E-state index contributed by atoms with van der Waals surface area (Å²) in [6, 6.07) is 0. The summed E-state index contributed by atoms with van der Waals surface area (Å²) < 4.78 is 9.59. The van der Waals surface area contributed by atoms with Crippen LogP contribution < -0.4 is 5.32 Å². The second kappa shape index (κ2) is 8.49. The van der Waals surface area contributed by atoms with Crippen LogP contribution in [0.25, 0.3) is 0 Å². The van der Waals surface area contributed by atoms with E-state index in [1.807, 2.05) is 0 Å². The van der Waals surface area contributed by atoms with Crippen LogP contribution in [0.1, 0.15) is 12.8 Å². The second-order valence-corrected chi connectivity index (χ2v) is 2.44. The van der Waals surface area contributed by atoms with E-state index >= 15 is 0 Å². The first-order valence-corrected chi connectivity index (χ1v) is 4.06. The van der Waals surface area contributed by atoms with Crippen LogP contribution in [0.2, 0.25) is 0 Å². The molecule has 0 aromatic rings. The molecular weight excluding hydrogens is 158 g/mol. The molecule has 0 bridgehead atoms. The fourth-order valence-corrected chi connectivity index (χ4v) is 0.758. The maximum absolute atomic E-state index is 11.0. The third kappa shape index (κ3) is 7.50.